The zero-order valence-corrected chi connectivity index (χ0v) is 15.0. The van der Waals surface area contributed by atoms with E-state index in [0.29, 0.717) is 15.7 Å². The van der Waals surface area contributed by atoms with Crippen LogP contribution in [0.4, 0.5) is 11.4 Å². The molecule has 0 atom stereocenters. The van der Waals surface area contributed by atoms with Gasteiger partial charge >= 0.3 is 0 Å². The van der Waals surface area contributed by atoms with Crippen LogP contribution in [0.15, 0.2) is 42.5 Å². The molecular weight excluding hydrogens is 347 g/mol. The largest absolute Gasteiger partial charge is 0.325 e. The van der Waals surface area contributed by atoms with Crippen LogP contribution < -0.4 is 10.2 Å². The minimum Gasteiger partial charge on any atom is -0.325 e. The highest BCUT2D eigenvalue weighted by Gasteiger charge is 2.15. The molecule has 0 radical (unpaired) electrons. The number of hydrogen-bond acceptors (Lipinski definition) is 2. The van der Waals surface area contributed by atoms with Crippen molar-refractivity contribution in [2.75, 3.05) is 16.8 Å². The van der Waals surface area contributed by atoms with E-state index in [1.54, 1.807) is 23.1 Å². The molecule has 0 saturated carbocycles. The van der Waals surface area contributed by atoms with Gasteiger partial charge in [0.05, 0.1) is 10.7 Å². The Balaban J connectivity index is 2.04. The molecule has 0 unspecified atom stereocenters. The first kappa shape index (κ1) is 18.3. The SMILES string of the molecule is CC(=O)N(CCC(=O)Nc1cc(Cl)ccc1Cl)c1ccccc1C. The van der Waals surface area contributed by atoms with Crippen LogP contribution in [0.1, 0.15) is 18.9 Å². The number of hydrogen-bond donors (Lipinski definition) is 1. The van der Waals surface area contributed by atoms with Crippen LogP contribution in [-0.4, -0.2) is 18.4 Å². The Kier molecular flexibility index (Phi) is 6.23. The van der Waals surface area contributed by atoms with Crippen molar-refractivity contribution in [3.8, 4) is 0 Å². The van der Waals surface area contributed by atoms with Gasteiger partial charge in [-0.2, -0.15) is 0 Å². The first-order valence-electron chi connectivity index (χ1n) is 7.47. The third-order valence-corrected chi connectivity index (χ3v) is 4.12. The van der Waals surface area contributed by atoms with Crippen LogP contribution in [0.5, 0.6) is 0 Å². The lowest BCUT2D eigenvalue weighted by molar-refractivity contribution is -0.117. The molecule has 6 heteroatoms. The summed E-state index contributed by atoms with van der Waals surface area (Å²) in [4.78, 5) is 25.7. The van der Waals surface area contributed by atoms with E-state index >= 15 is 0 Å². The summed E-state index contributed by atoms with van der Waals surface area (Å²) in [6, 6.07) is 12.4. The summed E-state index contributed by atoms with van der Waals surface area (Å²) in [6.45, 7) is 3.69. The van der Waals surface area contributed by atoms with Gasteiger partial charge in [-0.25, -0.2) is 0 Å². The van der Waals surface area contributed by atoms with Gasteiger partial charge in [0.25, 0.3) is 0 Å². The van der Waals surface area contributed by atoms with Crippen LogP contribution >= 0.6 is 23.2 Å². The molecule has 126 valence electrons. The molecule has 0 aromatic heterocycles. The van der Waals surface area contributed by atoms with Crippen LogP contribution in [0.3, 0.4) is 0 Å². The van der Waals surface area contributed by atoms with Crippen molar-refractivity contribution in [2.45, 2.75) is 20.3 Å². The number of para-hydroxylation sites is 1. The number of anilines is 2. The van der Waals surface area contributed by atoms with Gasteiger partial charge in [-0.3, -0.25) is 9.59 Å². The monoisotopic (exact) mass is 364 g/mol. The number of carbonyl (C=O) groups excluding carboxylic acids is 2. The predicted molar refractivity (Wildman–Crippen MR) is 98.9 cm³/mol. The Morgan fingerprint density at radius 2 is 1.83 bits per heavy atom. The minimum atomic E-state index is -0.237. The molecule has 2 aromatic carbocycles. The molecule has 0 aliphatic carbocycles. The van der Waals surface area contributed by atoms with Crippen molar-refractivity contribution in [1.29, 1.82) is 0 Å². The molecule has 2 amide bonds. The molecule has 24 heavy (non-hydrogen) atoms. The number of rotatable bonds is 5. The normalized spacial score (nSPS) is 10.3. The van der Waals surface area contributed by atoms with E-state index in [1.165, 1.54) is 6.92 Å². The maximum atomic E-state index is 12.2. The van der Waals surface area contributed by atoms with Crippen LogP contribution in [0.25, 0.3) is 0 Å². The lowest BCUT2D eigenvalue weighted by Crippen LogP contribution is -2.32. The number of nitrogens with one attached hydrogen (secondary N) is 1. The smallest absolute Gasteiger partial charge is 0.226 e. The minimum absolute atomic E-state index is 0.113. The summed E-state index contributed by atoms with van der Waals surface area (Å²) in [5.74, 6) is -0.350. The highest BCUT2D eigenvalue weighted by atomic mass is 35.5. The maximum absolute atomic E-state index is 12.2. The molecule has 1 N–H and O–H groups in total. The van der Waals surface area contributed by atoms with Crippen LogP contribution in [-0.2, 0) is 9.59 Å². The topological polar surface area (TPSA) is 49.4 Å². The van der Waals surface area contributed by atoms with Crippen molar-refractivity contribution >= 4 is 46.4 Å². The van der Waals surface area contributed by atoms with Gasteiger partial charge in [0.2, 0.25) is 11.8 Å². The number of halogens is 2. The molecule has 0 aliphatic heterocycles. The summed E-state index contributed by atoms with van der Waals surface area (Å²) >= 11 is 11.9. The summed E-state index contributed by atoms with van der Waals surface area (Å²) in [5.41, 5.74) is 2.24. The van der Waals surface area contributed by atoms with Gasteiger partial charge in [-0.05, 0) is 36.8 Å². The molecule has 4 nitrogen and oxygen atoms in total. The number of amides is 2. The molecule has 2 aromatic rings. The number of benzene rings is 2. The number of aryl methyl sites for hydroxylation is 1. The third kappa shape index (κ3) is 4.73. The average molecular weight is 365 g/mol. The fraction of sp³-hybridized carbons (Fsp3) is 0.222. The highest BCUT2D eigenvalue weighted by Crippen LogP contribution is 2.25. The van der Waals surface area contributed by atoms with E-state index < -0.39 is 0 Å². The van der Waals surface area contributed by atoms with E-state index in [2.05, 4.69) is 5.32 Å². The van der Waals surface area contributed by atoms with E-state index in [-0.39, 0.29) is 24.8 Å². The van der Waals surface area contributed by atoms with Crippen LogP contribution in [0.2, 0.25) is 10.0 Å². The van der Waals surface area contributed by atoms with E-state index in [1.807, 2.05) is 31.2 Å². The standard InChI is InChI=1S/C18H18Cl2N2O2/c1-12-5-3-4-6-17(12)22(13(2)23)10-9-18(24)21-16-11-14(19)7-8-15(16)20/h3-8,11H,9-10H2,1-2H3,(H,21,24). The zero-order chi connectivity index (χ0) is 17.7. The summed E-state index contributed by atoms with van der Waals surface area (Å²) in [7, 11) is 0. The maximum Gasteiger partial charge on any atom is 0.226 e. The number of carbonyl (C=O) groups is 2. The van der Waals surface area contributed by atoms with Gasteiger partial charge in [0, 0.05) is 30.6 Å². The van der Waals surface area contributed by atoms with Gasteiger partial charge in [-0.1, -0.05) is 41.4 Å². The molecule has 0 fully saturated rings. The average Bonchev–Trinajstić information content (AvgIpc) is 2.52. The highest BCUT2D eigenvalue weighted by molar-refractivity contribution is 6.35. The van der Waals surface area contributed by atoms with E-state index in [4.69, 9.17) is 23.2 Å². The number of nitrogens with zero attached hydrogens (tertiary/aromatic N) is 1. The zero-order valence-electron chi connectivity index (χ0n) is 13.5. The van der Waals surface area contributed by atoms with Crippen molar-refractivity contribution in [3.05, 3.63) is 58.1 Å². The quantitative estimate of drug-likeness (QED) is 0.836. The van der Waals surface area contributed by atoms with Gasteiger partial charge < -0.3 is 10.2 Å². The van der Waals surface area contributed by atoms with Gasteiger partial charge in [0.15, 0.2) is 0 Å². The second-order valence-corrected chi connectivity index (χ2v) is 6.22. The lowest BCUT2D eigenvalue weighted by Gasteiger charge is -2.23. The van der Waals surface area contributed by atoms with Gasteiger partial charge in [-0.15, -0.1) is 0 Å². The molecule has 0 aliphatic rings. The third-order valence-electron chi connectivity index (χ3n) is 3.55. The summed E-state index contributed by atoms with van der Waals surface area (Å²) < 4.78 is 0. The fourth-order valence-corrected chi connectivity index (χ4v) is 2.67. The lowest BCUT2D eigenvalue weighted by atomic mass is 10.1. The van der Waals surface area contributed by atoms with E-state index in [9.17, 15) is 9.59 Å². The molecule has 0 spiro atoms. The van der Waals surface area contributed by atoms with Crippen molar-refractivity contribution < 1.29 is 9.59 Å². The second-order valence-electron chi connectivity index (χ2n) is 5.38. The fourth-order valence-electron chi connectivity index (χ4n) is 2.33. The van der Waals surface area contributed by atoms with Gasteiger partial charge in [0.1, 0.15) is 0 Å². The molecule has 0 saturated heterocycles. The molecule has 0 bridgehead atoms. The predicted octanol–water partition coefficient (Wildman–Crippen LogP) is 4.68. The van der Waals surface area contributed by atoms with Crippen LogP contribution in [0, 0.1) is 6.92 Å². The first-order valence-corrected chi connectivity index (χ1v) is 8.22. The van der Waals surface area contributed by atoms with Crippen molar-refractivity contribution in [1.82, 2.24) is 0 Å². The molecule has 0 heterocycles. The second kappa shape index (κ2) is 8.18. The Morgan fingerprint density at radius 1 is 1.12 bits per heavy atom. The Labute approximate surface area is 151 Å². The van der Waals surface area contributed by atoms with Crippen molar-refractivity contribution in [3.63, 3.8) is 0 Å². The Hall–Kier alpha value is -2.04. The Morgan fingerprint density at radius 3 is 2.50 bits per heavy atom. The van der Waals surface area contributed by atoms with E-state index in [0.717, 1.165) is 11.3 Å². The first-order chi connectivity index (χ1) is 11.4. The Bertz CT molecular complexity index is 762. The molecular formula is C18H18Cl2N2O2. The van der Waals surface area contributed by atoms with Crippen molar-refractivity contribution in [2.24, 2.45) is 0 Å². The summed E-state index contributed by atoms with van der Waals surface area (Å²) in [5, 5.41) is 3.62. The molecule has 2 rings (SSSR count). The summed E-state index contributed by atoms with van der Waals surface area (Å²) in [6.07, 6.45) is 0.150.